The van der Waals surface area contributed by atoms with Gasteiger partial charge in [0.05, 0.1) is 11.9 Å². The fourth-order valence-electron chi connectivity index (χ4n) is 3.92. The lowest BCUT2D eigenvalue weighted by Gasteiger charge is -2.33. The van der Waals surface area contributed by atoms with Crippen LogP contribution in [0.4, 0.5) is 5.82 Å². The molecule has 132 valence electrons. The maximum atomic E-state index is 12.8. The lowest BCUT2D eigenvalue weighted by atomic mass is 9.97. The van der Waals surface area contributed by atoms with Crippen molar-refractivity contribution in [3.05, 3.63) is 42.6 Å². The summed E-state index contributed by atoms with van der Waals surface area (Å²) in [5.41, 5.74) is 0.700. The van der Waals surface area contributed by atoms with E-state index >= 15 is 0 Å². The number of piperidine rings is 1. The molecule has 2 aliphatic rings. The number of nitrogens with zero attached hydrogens (tertiary/aromatic N) is 5. The first-order chi connectivity index (χ1) is 12.3. The van der Waals surface area contributed by atoms with Gasteiger partial charge in [-0.3, -0.25) is 4.79 Å². The lowest BCUT2D eigenvalue weighted by molar-refractivity contribution is 0.0662. The molecule has 0 radical (unpaired) electrons. The van der Waals surface area contributed by atoms with Crippen LogP contribution in [0.5, 0.6) is 0 Å². The molecular formula is C19H25N5O. The number of aromatic nitrogens is 3. The Bertz CT molecular complexity index is 691. The van der Waals surface area contributed by atoms with Gasteiger partial charge in [-0.25, -0.2) is 9.97 Å². The summed E-state index contributed by atoms with van der Waals surface area (Å²) in [5, 5.41) is 0. The standard InChI is InChI=1S/C19H25N5O/c25-19(17-5-6-18(21-12-17)23-8-1-2-9-23)24-10-3-4-16(14-24)13-22-11-7-20-15-22/h5-7,11-12,15-16H,1-4,8-10,13-14H2. The van der Waals surface area contributed by atoms with E-state index in [2.05, 4.69) is 19.4 Å². The van der Waals surface area contributed by atoms with Gasteiger partial charge in [0.25, 0.3) is 5.91 Å². The zero-order chi connectivity index (χ0) is 17.1. The predicted molar refractivity (Wildman–Crippen MR) is 96.5 cm³/mol. The van der Waals surface area contributed by atoms with Gasteiger partial charge < -0.3 is 14.4 Å². The van der Waals surface area contributed by atoms with Crippen LogP contribution in [-0.4, -0.2) is 51.5 Å². The van der Waals surface area contributed by atoms with Crippen molar-refractivity contribution < 1.29 is 4.79 Å². The molecule has 1 amide bonds. The largest absolute Gasteiger partial charge is 0.357 e. The monoisotopic (exact) mass is 339 g/mol. The third kappa shape index (κ3) is 3.67. The minimum Gasteiger partial charge on any atom is -0.357 e. The second kappa shape index (κ2) is 7.25. The molecule has 2 saturated heterocycles. The highest BCUT2D eigenvalue weighted by Gasteiger charge is 2.25. The normalized spacial score (nSPS) is 20.9. The summed E-state index contributed by atoms with van der Waals surface area (Å²) in [6, 6.07) is 3.92. The summed E-state index contributed by atoms with van der Waals surface area (Å²) < 4.78 is 2.10. The molecule has 0 bridgehead atoms. The number of carbonyl (C=O) groups excluding carboxylic acids is 1. The second-order valence-electron chi connectivity index (χ2n) is 7.12. The minimum absolute atomic E-state index is 0.107. The average molecular weight is 339 g/mol. The van der Waals surface area contributed by atoms with Crippen molar-refractivity contribution >= 4 is 11.7 Å². The van der Waals surface area contributed by atoms with E-state index in [1.54, 1.807) is 12.4 Å². The summed E-state index contributed by atoms with van der Waals surface area (Å²) in [5.74, 6) is 1.59. The van der Waals surface area contributed by atoms with Crippen LogP contribution in [0.15, 0.2) is 37.1 Å². The highest BCUT2D eigenvalue weighted by molar-refractivity contribution is 5.94. The third-order valence-corrected chi connectivity index (χ3v) is 5.26. The van der Waals surface area contributed by atoms with Crippen LogP contribution in [0.25, 0.3) is 0 Å². The first-order valence-electron chi connectivity index (χ1n) is 9.25. The van der Waals surface area contributed by atoms with Crippen LogP contribution in [-0.2, 0) is 6.54 Å². The molecule has 2 aromatic heterocycles. The zero-order valence-electron chi connectivity index (χ0n) is 14.5. The van der Waals surface area contributed by atoms with Gasteiger partial charge in [-0.05, 0) is 43.7 Å². The van der Waals surface area contributed by atoms with Crippen molar-refractivity contribution in [2.45, 2.75) is 32.2 Å². The van der Waals surface area contributed by atoms with Crippen molar-refractivity contribution in [3.8, 4) is 0 Å². The maximum Gasteiger partial charge on any atom is 0.255 e. The molecule has 2 fully saturated rings. The van der Waals surface area contributed by atoms with Crippen LogP contribution in [0.3, 0.4) is 0 Å². The van der Waals surface area contributed by atoms with Gasteiger partial charge in [-0.15, -0.1) is 0 Å². The molecule has 6 heteroatoms. The smallest absolute Gasteiger partial charge is 0.255 e. The molecule has 2 aromatic rings. The lowest BCUT2D eigenvalue weighted by Crippen LogP contribution is -2.41. The Balaban J connectivity index is 1.39. The Hall–Kier alpha value is -2.37. The van der Waals surface area contributed by atoms with Crippen LogP contribution < -0.4 is 4.90 Å². The van der Waals surface area contributed by atoms with Crippen LogP contribution in [0.1, 0.15) is 36.0 Å². The van der Waals surface area contributed by atoms with Crippen molar-refractivity contribution in [1.29, 1.82) is 0 Å². The third-order valence-electron chi connectivity index (χ3n) is 5.26. The quantitative estimate of drug-likeness (QED) is 0.858. The van der Waals surface area contributed by atoms with E-state index in [9.17, 15) is 4.79 Å². The van der Waals surface area contributed by atoms with Gasteiger partial charge >= 0.3 is 0 Å². The Labute approximate surface area is 148 Å². The number of amides is 1. The van der Waals surface area contributed by atoms with Gasteiger partial charge in [0.15, 0.2) is 0 Å². The van der Waals surface area contributed by atoms with E-state index in [0.717, 1.165) is 51.4 Å². The number of hydrogen-bond acceptors (Lipinski definition) is 4. The van der Waals surface area contributed by atoms with E-state index in [0.29, 0.717) is 11.5 Å². The number of pyridine rings is 1. The molecule has 0 saturated carbocycles. The Kier molecular flexibility index (Phi) is 4.68. The molecule has 4 heterocycles. The van der Waals surface area contributed by atoms with Crippen molar-refractivity contribution in [2.24, 2.45) is 5.92 Å². The molecule has 2 aliphatic heterocycles. The SMILES string of the molecule is O=C(c1ccc(N2CCCC2)nc1)N1CCCC(Cn2ccnc2)C1. The molecule has 1 atom stereocenters. The zero-order valence-corrected chi connectivity index (χ0v) is 14.5. The van der Waals surface area contributed by atoms with Gasteiger partial charge in [-0.2, -0.15) is 0 Å². The second-order valence-corrected chi connectivity index (χ2v) is 7.12. The number of likely N-dealkylation sites (tertiary alicyclic amines) is 1. The number of anilines is 1. The van der Waals surface area contributed by atoms with Gasteiger partial charge in [-0.1, -0.05) is 0 Å². The highest BCUT2D eigenvalue weighted by atomic mass is 16.2. The van der Waals surface area contributed by atoms with E-state index in [1.165, 1.54) is 12.8 Å². The predicted octanol–water partition coefficient (Wildman–Crippen LogP) is 2.43. The Morgan fingerprint density at radius 2 is 2.04 bits per heavy atom. The fraction of sp³-hybridized carbons (Fsp3) is 0.526. The number of carbonyl (C=O) groups is 1. The van der Waals surface area contributed by atoms with E-state index in [4.69, 9.17) is 0 Å². The summed E-state index contributed by atoms with van der Waals surface area (Å²) in [6.07, 6.45) is 12.1. The maximum absolute atomic E-state index is 12.8. The van der Waals surface area contributed by atoms with E-state index in [-0.39, 0.29) is 5.91 Å². The number of rotatable bonds is 4. The van der Waals surface area contributed by atoms with Crippen LogP contribution >= 0.6 is 0 Å². The van der Waals surface area contributed by atoms with Crippen LogP contribution in [0, 0.1) is 5.92 Å². The van der Waals surface area contributed by atoms with Crippen molar-refractivity contribution in [2.75, 3.05) is 31.1 Å². The molecule has 4 rings (SSSR count). The van der Waals surface area contributed by atoms with Gasteiger partial charge in [0, 0.05) is 51.3 Å². The first kappa shape index (κ1) is 16.1. The molecule has 6 nitrogen and oxygen atoms in total. The molecule has 1 unspecified atom stereocenters. The van der Waals surface area contributed by atoms with Crippen LogP contribution in [0.2, 0.25) is 0 Å². The molecular weight excluding hydrogens is 314 g/mol. The molecule has 0 N–H and O–H groups in total. The average Bonchev–Trinajstić information content (AvgIpc) is 3.35. The molecule has 0 aromatic carbocycles. The fourth-order valence-corrected chi connectivity index (χ4v) is 3.92. The van der Waals surface area contributed by atoms with Gasteiger partial charge in [0.1, 0.15) is 5.82 Å². The molecule has 0 spiro atoms. The first-order valence-corrected chi connectivity index (χ1v) is 9.25. The molecule has 25 heavy (non-hydrogen) atoms. The van der Waals surface area contributed by atoms with E-state index < -0.39 is 0 Å². The minimum atomic E-state index is 0.107. The Morgan fingerprint density at radius 3 is 2.76 bits per heavy atom. The number of hydrogen-bond donors (Lipinski definition) is 0. The van der Waals surface area contributed by atoms with Gasteiger partial charge in [0.2, 0.25) is 0 Å². The molecule has 0 aliphatic carbocycles. The highest BCUT2D eigenvalue weighted by Crippen LogP contribution is 2.22. The van der Waals surface area contributed by atoms with Crippen molar-refractivity contribution in [1.82, 2.24) is 19.4 Å². The van der Waals surface area contributed by atoms with Crippen molar-refractivity contribution in [3.63, 3.8) is 0 Å². The number of imidazole rings is 1. The topological polar surface area (TPSA) is 54.3 Å². The Morgan fingerprint density at radius 1 is 1.16 bits per heavy atom. The summed E-state index contributed by atoms with van der Waals surface area (Å²) in [7, 11) is 0. The summed E-state index contributed by atoms with van der Waals surface area (Å²) >= 11 is 0. The summed E-state index contributed by atoms with van der Waals surface area (Å²) in [4.78, 5) is 25.7. The summed E-state index contributed by atoms with van der Waals surface area (Å²) in [6.45, 7) is 4.72. The van der Waals surface area contributed by atoms with E-state index in [1.807, 2.05) is 29.6 Å².